The van der Waals surface area contributed by atoms with Crippen LogP contribution in [0.2, 0.25) is 0 Å². The molecule has 0 aromatic heterocycles. The van der Waals surface area contributed by atoms with E-state index in [4.69, 9.17) is 14.2 Å². The molecular weight excluding hydrogens is 230 g/mol. The van der Waals surface area contributed by atoms with E-state index in [-0.39, 0.29) is 5.60 Å². The number of hydrogen-bond acceptors (Lipinski definition) is 4. The molecule has 0 aromatic rings. The molecule has 0 saturated carbocycles. The summed E-state index contributed by atoms with van der Waals surface area (Å²) in [6, 6.07) is 0.565. The van der Waals surface area contributed by atoms with Crippen LogP contribution in [0.25, 0.3) is 0 Å². The Morgan fingerprint density at radius 2 is 2.28 bits per heavy atom. The van der Waals surface area contributed by atoms with Gasteiger partial charge in [-0.05, 0) is 19.3 Å². The topological polar surface area (TPSA) is 39.7 Å². The highest BCUT2D eigenvalue weighted by molar-refractivity contribution is 4.92. The number of unbranched alkanes of at least 4 members (excludes halogenated alkanes) is 1. The van der Waals surface area contributed by atoms with E-state index in [0.29, 0.717) is 6.04 Å². The molecular formula is C14H27NO3. The predicted octanol–water partition coefficient (Wildman–Crippen LogP) is 1.73. The van der Waals surface area contributed by atoms with Crippen molar-refractivity contribution in [2.24, 2.45) is 0 Å². The maximum absolute atomic E-state index is 5.92. The minimum absolute atomic E-state index is 0.0129. The van der Waals surface area contributed by atoms with Crippen LogP contribution in [-0.4, -0.2) is 51.2 Å². The molecule has 2 aliphatic rings. The predicted molar refractivity (Wildman–Crippen MR) is 70.9 cm³/mol. The van der Waals surface area contributed by atoms with Gasteiger partial charge in [0.1, 0.15) is 0 Å². The average molecular weight is 257 g/mol. The highest BCUT2D eigenvalue weighted by Gasteiger charge is 2.40. The maximum atomic E-state index is 5.92. The zero-order valence-electron chi connectivity index (χ0n) is 11.6. The van der Waals surface area contributed by atoms with E-state index in [2.05, 4.69) is 12.2 Å². The van der Waals surface area contributed by atoms with Crippen LogP contribution in [0.3, 0.4) is 0 Å². The molecule has 4 nitrogen and oxygen atoms in total. The SMILES string of the molecule is CCCCOCCNC1CCOC2(CCOC2)C1. The molecule has 2 fully saturated rings. The highest BCUT2D eigenvalue weighted by Crippen LogP contribution is 2.32. The van der Waals surface area contributed by atoms with Crippen LogP contribution in [-0.2, 0) is 14.2 Å². The molecule has 2 heterocycles. The monoisotopic (exact) mass is 257 g/mol. The maximum Gasteiger partial charge on any atom is 0.0951 e. The highest BCUT2D eigenvalue weighted by atomic mass is 16.6. The molecule has 18 heavy (non-hydrogen) atoms. The summed E-state index contributed by atoms with van der Waals surface area (Å²) in [6.45, 7) is 7.34. The van der Waals surface area contributed by atoms with Gasteiger partial charge < -0.3 is 19.5 Å². The molecule has 0 aromatic carbocycles. The zero-order valence-corrected chi connectivity index (χ0v) is 11.6. The van der Waals surface area contributed by atoms with E-state index < -0.39 is 0 Å². The first kappa shape index (κ1) is 14.3. The van der Waals surface area contributed by atoms with Crippen LogP contribution >= 0.6 is 0 Å². The van der Waals surface area contributed by atoms with Crippen LogP contribution in [0.1, 0.15) is 39.0 Å². The van der Waals surface area contributed by atoms with Crippen molar-refractivity contribution in [2.75, 3.05) is 39.6 Å². The number of ether oxygens (including phenoxy) is 3. The van der Waals surface area contributed by atoms with Crippen LogP contribution in [0.5, 0.6) is 0 Å². The van der Waals surface area contributed by atoms with E-state index in [1.165, 1.54) is 6.42 Å². The van der Waals surface area contributed by atoms with Crippen molar-refractivity contribution in [3.63, 3.8) is 0 Å². The van der Waals surface area contributed by atoms with Gasteiger partial charge in [0, 0.05) is 38.8 Å². The molecule has 0 aliphatic carbocycles. The zero-order chi connectivity index (χ0) is 12.7. The Morgan fingerprint density at radius 3 is 3.06 bits per heavy atom. The van der Waals surface area contributed by atoms with Crippen molar-refractivity contribution in [2.45, 2.75) is 50.7 Å². The second kappa shape index (κ2) is 7.43. The fraction of sp³-hybridized carbons (Fsp3) is 1.00. The Hall–Kier alpha value is -0.160. The third kappa shape index (κ3) is 4.19. The Labute approximate surface area is 110 Å². The lowest BCUT2D eigenvalue weighted by molar-refractivity contribution is -0.0896. The first-order chi connectivity index (χ1) is 8.85. The second-order valence-corrected chi connectivity index (χ2v) is 5.44. The third-order valence-corrected chi connectivity index (χ3v) is 3.88. The standard InChI is InChI=1S/C14H27NO3/c1-2-3-7-16-10-6-15-13-4-8-18-14(11-13)5-9-17-12-14/h13,15H,2-12H2,1H3. The summed E-state index contributed by atoms with van der Waals surface area (Å²) < 4.78 is 17.0. The summed E-state index contributed by atoms with van der Waals surface area (Å²) in [5.41, 5.74) is 0.0129. The van der Waals surface area contributed by atoms with Gasteiger partial charge >= 0.3 is 0 Å². The van der Waals surface area contributed by atoms with Crippen LogP contribution in [0, 0.1) is 0 Å². The van der Waals surface area contributed by atoms with Gasteiger partial charge in [0.05, 0.1) is 18.8 Å². The lowest BCUT2D eigenvalue weighted by Crippen LogP contribution is -2.48. The van der Waals surface area contributed by atoms with Gasteiger partial charge in [-0.3, -0.25) is 0 Å². The first-order valence-electron chi connectivity index (χ1n) is 7.37. The molecule has 0 bridgehead atoms. The van der Waals surface area contributed by atoms with Crippen LogP contribution < -0.4 is 5.32 Å². The van der Waals surface area contributed by atoms with Crippen molar-refractivity contribution >= 4 is 0 Å². The van der Waals surface area contributed by atoms with Gasteiger partial charge in [-0.2, -0.15) is 0 Å². The molecule has 1 N–H and O–H groups in total. The Morgan fingerprint density at radius 1 is 1.33 bits per heavy atom. The molecule has 106 valence electrons. The normalized spacial score (nSPS) is 32.2. The van der Waals surface area contributed by atoms with Gasteiger partial charge in [0.2, 0.25) is 0 Å². The summed E-state index contributed by atoms with van der Waals surface area (Å²) in [5, 5.41) is 3.59. The summed E-state index contributed by atoms with van der Waals surface area (Å²) in [4.78, 5) is 0. The molecule has 2 unspecified atom stereocenters. The summed E-state index contributed by atoms with van der Waals surface area (Å²) >= 11 is 0. The van der Waals surface area contributed by atoms with Gasteiger partial charge in [-0.15, -0.1) is 0 Å². The lowest BCUT2D eigenvalue weighted by atomic mass is 9.90. The third-order valence-electron chi connectivity index (χ3n) is 3.88. The lowest BCUT2D eigenvalue weighted by Gasteiger charge is -2.37. The Kier molecular flexibility index (Phi) is 5.89. The van der Waals surface area contributed by atoms with Crippen molar-refractivity contribution in [1.29, 1.82) is 0 Å². The molecule has 0 radical (unpaired) electrons. The van der Waals surface area contributed by atoms with E-state index >= 15 is 0 Å². The van der Waals surface area contributed by atoms with Crippen molar-refractivity contribution in [1.82, 2.24) is 5.32 Å². The number of rotatable bonds is 7. The van der Waals surface area contributed by atoms with Crippen LogP contribution in [0.4, 0.5) is 0 Å². The quantitative estimate of drug-likeness (QED) is 0.705. The minimum atomic E-state index is 0.0129. The molecule has 0 amide bonds. The smallest absolute Gasteiger partial charge is 0.0951 e. The molecule has 4 heteroatoms. The van der Waals surface area contributed by atoms with Gasteiger partial charge in [0.25, 0.3) is 0 Å². The largest absolute Gasteiger partial charge is 0.380 e. The number of nitrogens with one attached hydrogen (secondary N) is 1. The van der Waals surface area contributed by atoms with Crippen molar-refractivity contribution in [3.8, 4) is 0 Å². The van der Waals surface area contributed by atoms with E-state index in [0.717, 1.165) is 65.3 Å². The average Bonchev–Trinajstić information content (AvgIpc) is 2.82. The summed E-state index contributed by atoms with van der Waals surface area (Å²) in [5.74, 6) is 0. The van der Waals surface area contributed by atoms with E-state index in [1.54, 1.807) is 0 Å². The van der Waals surface area contributed by atoms with Crippen LogP contribution in [0.15, 0.2) is 0 Å². The van der Waals surface area contributed by atoms with Crippen molar-refractivity contribution in [3.05, 3.63) is 0 Å². The molecule has 2 atom stereocenters. The molecule has 2 saturated heterocycles. The molecule has 2 rings (SSSR count). The fourth-order valence-corrected chi connectivity index (χ4v) is 2.75. The molecule has 1 spiro atoms. The van der Waals surface area contributed by atoms with Gasteiger partial charge in [-0.25, -0.2) is 0 Å². The van der Waals surface area contributed by atoms with Gasteiger partial charge in [-0.1, -0.05) is 13.3 Å². The van der Waals surface area contributed by atoms with E-state index in [1.807, 2.05) is 0 Å². The minimum Gasteiger partial charge on any atom is -0.380 e. The summed E-state index contributed by atoms with van der Waals surface area (Å²) in [6.07, 6.45) is 5.62. The first-order valence-corrected chi connectivity index (χ1v) is 7.37. The molecule has 2 aliphatic heterocycles. The fourth-order valence-electron chi connectivity index (χ4n) is 2.75. The Bertz CT molecular complexity index is 229. The Balaban J connectivity index is 1.58. The number of hydrogen-bond donors (Lipinski definition) is 1. The van der Waals surface area contributed by atoms with E-state index in [9.17, 15) is 0 Å². The van der Waals surface area contributed by atoms with Crippen molar-refractivity contribution < 1.29 is 14.2 Å². The summed E-state index contributed by atoms with van der Waals surface area (Å²) in [7, 11) is 0. The van der Waals surface area contributed by atoms with Gasteiger partial charge in [0.15, 0.2) is 0 Å². The second-order valence-electron chi connectivity index (χ2n) is 5.44.